The maximum Gasteiger partial charge on any atom is 0.229 e. The summed E-state index contributed by atoms with van der Waals surface area (Å²) in [7, 11) is 0. The molecule has 1 amide bonds. The lowest BCUT2D eigenvalue weighted by molar-refractivity contribution is -0.140. The number of nitrogens with two attached hydrogens (primary N) is 1. The summed E-state index contributed by atoms with van der Waals surface area (Å²) in [5.41, 5.74) is 5.39. The van der Waals surface area contributed by atoms with Crippen molar-refractivity contribution in [3.05, 3.63) is 0 Å². The zero-order chi connectivity index (χ0) is 12.2. The van der Waals surface area contributed by atoms with Crippen molar-refractivity contribution in [2.45, 2.75) is 46.5 Å². The Kier molecular flexibility index (Phi) is 4.78. The summed E-state index contributed by atoms with van der Waals surface area (Å²) in [4.78, 5) is 14.4. The first-order valence-electron chi connectivity index (χ1n) is 6.53. The monoisotopic (exact) mass is 226 g/mol. The van der Waals surface area contributed by atoms with E-state index in [1.54, 1.807) is 0 Å². The molecular weight excluding hydrogens is 200 g/mol. The Morgan fingerprint density at radius 1 is 1.44 bits per heavy atom. The molecule has 1 aliphatic heterocycles. The zero-order valence-corrected chi connectivity index (χ0v) is 11.0. The fourth-order valence-electron chi connectivity index (χ4n) is 2.23. The molecule has 2 atom stereocenters. The quantitative estimate of drug-likeness (QED) is 0.800. The van der Waals surface area contributed by atoms with Gasteiger partial charge in [-0.05, 0) is 38.5 Å². The lowest BCUT2D eigenvalue weighted by Crippen LogP contribution is -2.46. The third-order valence-corrected chi connectivity index (χ3v) is 4.05. The highest BCUT2D eigenvalue weighted by Gasteiger charge is 2.34. The molecule has 1 rings (SSSR count). The van der Waals surface area contributed by atoms with E-state index in [0.29, 0.717) is 6.54 Å². The smallest absolute Gasteiger partial charge is 0.229 e. The summed E-state index contributed by atoms with van der Waals surface area (Å²) >= 11 is 0. The Morgan fingerprint density at radius 3 is 2.69 bits per heavy atom. The van der Waals surface area contributed by atoms with Crippen molar-refractivity contribution in [3.8, 4) is 0 Å². The molecule has 0 aliphatic carbocycles. The highest BCUT2D eigenvalue weighted by molar-refractivity contribution is 5.82. The molecule has 94 valence electrons. The fourth-order valence-corrected chi connectivity index (χ4v) is 2.23. The second kappa shape index (κ2) is 5.67. The van der Waals surface area contributed by atoms with Gasteiger partial charge in [0.05, 0.1) is 5.41 Å². The van der Waals surface area contributed by atoms with Gasteiger partial charge in [-0.3, -0.25) is 4.79 Å². The Hall–Kier alpha value is -0.570. The minimum Gasteiger partial charge on any atom is -0.342 e. The van der Waals surface area contributed by atoms with Gasteiger partial charge in [0.15, 0.2) is 0 Å². The predicted molar refractivity (Wildman–Crippen MR) is 67.0 cm³/mol. The van der Waals surface area contributed by atoms with Gasteiger partial charge in [-0.15, -0.1) is 0 Å². The molecule has 1 saturated heterocycles. The van der Waals surface area contributed by atoms with Crippen molar-refractivity contribution < 1.29 is 4.79 Å². The molecule has 1 heterocycles. The lowest BCUT2D eigenvalue weighted by atomic mass is 9.86. The van der Waals surface area contributed by atoms with E-state index in [4.69, 9.17) is 5.73 Å². The minimum absolute atomic E-state index is 0.256. The van der Waals surface area contributed by atoms with E-state index >= 15 is 0 Å². The third kappa shape index (κ3) is 2.97. The molecule has 0 aromatic heterocycles. The topological polar surface area (TPSA) is 46.3 Å². The van der Waals surface area contributed by atoms with E-state index in [2.05, 4.69) is 6.92 Å². The summed E-state index contributed by atoms with van der Waals surface area (Å²) in [6, 6.07) is 0. The van der Waals surface area contributed by atoms with Gasteiger partial charge >= 0.3 is 0 Å². The number of amides is 1. The first-order chi connectivity index (χ1) is 7.53. The fraction of sp³-hybridized carbons (Fsp3) is 0.923. The zero-order valence-electron chi connectivity index (χ0n) is 11.0. The Morgan fingerprint density at radius 2 is 2.12 bits per heavy atom. The molecule has 3 heteroatoms. The van der Waals surface area contributed by atoms with Crippen LogP contribution in [0.5, 0.6) is 0 Å². The van der Waals surface area contributed by atoms with Crippen molar-refractivity contribution in [2.75, 3.05) is 19.6 Å². The van der Waals surface area contributed by atoms with Crippen LogP contribution in [0.25, 0.3) is 0 Å². The molecule has 0 radical (unpaired) electrons. The van der Waals surface area contributed by atoms with Gasteiger partial charge in [0.2, 0.25) is 5.91 Å². The summed E-state index contributed by atoms with van der Waals surface area (Å²) < 4.78 is 0. The highest BCUT2D eigenvalue weighted by Crippen LogP contribution is 2.25. The van der Waals surface area contributed by atoms with Crippen LogP contribution in [0.4, 0.5) is 0 Å². The maximum absolute atomic E-state index is 12.4. The molecule has 0 bridgehead atoms. The first-order valence-corrected chi connectivity index (χ1v) is 6.53. The van der Waals surface area contributed by atoms with Crippen molar-refractivity contribution in [3.63, 3.8) is 0 Å². The van der Waals surface area contributed by atoms with Crippen LogP contribution in [0.15, 0.2) is 0 Å². The molecule has 0 saturated carbocycles. The second-order valence-corrected chi connectivity index (χ2v) is 5.45. The van der Waals surface area contributed by atoms with Gasteiger partial charge in [0.1, 0.15) is 0 Å². The molecule has 0 spiro atoms. The molecule has 1 fully saturated rings. The maximum atomic E-state index is 12.4. The molecule has 2 N–H and O–H groups in total. The molecule has 2 unspecified atom stereocenters. The third-order valence-electron chi connectivity index (χ3n) is 4.05. The largest absolute Gasteiger partial charge is 0.342 e. The number of rotatable bonds is 3. The predicted octanol–water partition coefficient (Wildman–Crippen LogP) is 2.01. The number of likely N-dealkylation sites (tertiary alicyclic amines) is 1. The number of nitrogens with zero attached hydrogens (tertiary/aromatic N) is 1. The van der Waals surface area contributed by atoms with Crippen LogP contribution in [-0.2, 0) is 4.79 Å². The molecule has 3 nitrogen and oxygen atoms in total. The van der Waals surface area contributed by atoms with Gasteiger partial charge < -0.3 is 10.6 Å². The average Bonchev–Trinajstić information content (AvgIpc) is 2.52. The van der Waals surface area contributed by atoms with E-state index in [-0.39, 0.29) is 11.3 Å². The van der Waals surface area contributed by atoms with Crippen LogP contribution >= 0.6 is 0 Å². The van der Waals surface area contributed by atoms with Crippen molar-refractivity contribution in [2.24, 2.45) is 17.1 Å². The molecule has 16 heavy (non-hydrogen) atoms. The van der Waals surface area contributed by atoms with Gasteiger partial charge in [-0.1, -0.05) is 13.8 Å². The van der Waals surface area contributed by atoms with Gasteiger partial charge in [-0.25, -0.2) is 0 Å². The number of carbonyl (C=O) groups is 1. The number of hydrogen-bond donors (Lipinski definition) is 1. The Bertz CT molecular complexity index is 236. The summed E-state index contributed by atoms with van der Waals surface area (Å²) in [6.07, 6.45) is 4.34. The second-order valence-electron chi connectivity index (χ2n) is 5.45. The van der Waals surface area contributed by atoms with Crippen LogP contribution in [0.2, 0.25) is 0 Å². The number of carbonyl (C=O) groups excluding carboxylic acids is 1. The normalized spacial score (nSPS) is 26.0. The minimum atomic E-state index is -0.354. The van der Waals surface area contributed by atoms with Crippen molar-refractivity contribution in [1.29, 1.82) is 0 Å². The van der Waals surface area contributed by atoms with Crippen molar-refractivity contribution >= 4 is 5.91 Å². The standard InChI is InChI=1S/C13H26N2O/c1-4-13(3,10-14)12(16)15-8-5-6-11(2)7-9-15/h11H,4-10,14H2,1-3H3. The molecule has 0 aromatic carbocycles. The lowest BCUT2D eigenvalue weighted by Gasteiger charge is -2.32. The summed E-state index contributed by atoms with van der Waals surface area (Å²) in [6.45, 7) is 8.59. The molecule has 1 aliphatic rings. The van der Waals surface area contributed by atoms with Crippen LogP contribution in [0, 0.1) is 11.3 Å². The Labute approximate surface area is 99.4 Å². The highest BCUT2D eigenvalue weighted by atomic mass is 16.2. The van der Waals surface area contributed by atoms with E-state index in [1.165, 1.54) is 6.42 Å². The molecule has 0 aromatic rings. The summed E-state index contributed by atoms with van der Waals surface area (Å²) in [5, 5.41) is 0. The van der Waals surface area contributed by atoms with Gasteiger partial charge in [0, 0.05) is 19.6 Å². The van der Waals surface area contributed by atoms with E-state index in [9.17, 15) is 4.79 Å². The van der Waals surface area contributed by atoms with E-state index in [1.807, 2.05) is 18.7 Å². The molecular formula is C13H26N2O. The van der Waals surface area contributed by atoms with Crippen molar-refractivity contribution in [1.82, 2.24) is 4.90 Å². The summed E-state index contributed by atoms with van der Waals surface area (Å²) in [5.74, 6) is 1.01. The van der Waals surface area contributed by atoms with Gasteiger partial charge in [0.25, 0.3) is 0 Å². The van der Waals surface area contributed by atoms with E-state index in [0.717, 1.165) is 38.3 Å². The van der Waals surface area contributed by atoms with Crippen LogP contribution in [0.3, 0.4) is 0 Å². The SMILES string of the molecule is CCC(C)(CN)C(=O)N1CCCC(C)CC1. The number of hydrogen-bond acceptors (Lipinski definition) is 2. The first kappa shape index (κ1) is 13.5. The Balaban J connectivity index is 2.65. The average molecular weight is 226 g/mol. The van der Waals surface area contributed by atoms with Crippen LogP contribution in [-0.4, -0.2) is 30.4 Å². The van der Waals surface area contributed by atoms with E-state index < -0.39 is 0 Å². The van der Waals surface area contributed by atoms with Gasteiger partial charge in [-0.2, -0.15) is 0 Å². The van der Waals surface area contributed by atoms with Crippen LogP contribution in [0.1, 0.15) is 46.5 Å². The van der Waals surface area contributed by atoms with Crippen LogP contribution < -0.4 is 5.73 Å².